The Labute approximate surface area is 146 Å². The van der Waals surface area contributed by atoms with E-state index in [0.29, 0.717) is 0 Å². The van der Waals surface area contributed by atoms with Gasteiger partial charge in [0.05, 0.1) is 16.1 Å². The van der Waals surface area contributed by atoms with Gasteiger partial charge in [0.25, 0.3) is 11.8 Å². The first kappa shape index (κ1) is 17.0. The summed E-state index contributed by atoms with van der Waals surface area (Å²) in [6.45, 7) is -0.232. The molecule has 0 bridgehead atoms. The Morgan fingerprint density at radius 2 is 1.68 bits per heavy atom. The van der Waals surface area contributed by atoms with Crippen LogP contribution in [0.3, 0.4) is 0 Å². The zero-order valence-corrected chi connectivity index (χ0v) is 13.4. The van der Waals surface area contributed by atoms with Crippen LogP contribution in [0.1, 0.15) is 27.1 Å². The molecule has 128 valence electrons. The maximum atomic E-state index is 13.5. The first-order valence-electron chi connectivity index (χ1n) is 7.28. The van der Waals surface area contributed by atoms with Crippen molar-refractivity contribution in [2.24, 2.45) is 0 Å². The topological polar surface area (TPSA) is 66.5 Å². The molecule has 2 aromatic carbocycles. The minimum absolute atomic E-state index is 0.0923. The van der Waals surface area contributed by atoms with Gasteiger partial charge in [0, 0.05) is 13.0 Å². The highest BCUT2D eigenvalue weighted by Crippen LogP contribution is 2.29. The van der Waals surface area contributed by atoms with Crippen molar-refractivity contribution in [2.45, 2.75) is 6.42 Å². The van der Waals surface area contributed by atoms with E-state index in [1.54, 1.807) is 6.07 Å². The Hall–Kier alpha value is -2.80. The molecule has 0 radical (unpaired) electrons. The molecule has 25 heavy (non-hydrogen) atoms. The number of halogens is 3. The molecule has 0 fully saturated rings. The molecule has 0 unspecified atom stereocenters. The van der Waals surface area contributed by atoms with E-state index >= 15 is 0 Å². The van der Waals surface area contributed by atoms with Crippen molar-refractivity contribution in [3.8, 4) is 0 Å². The lowest BCUT2D eigenvalue weighted by Gasteiger charge is -2.14. The van der Waals surface area contributed by atoms with Gasteiger partial charge in [-0.05, 0) is 24.3 Å². The zero-order valence-electron chi connectivity index (χ0n) is 12.7. The van der Waals surface area contributed by atoms with E-state index in [9.17, 15) is 23.2 Å². The van der Waals surface area contributed by atoms with Crippen LogP contribution in [-0.4, -0.2) is 29.2 Å². The maximum absolute atomic E-state index is 13.5. The van der Waals surface area contributed by atoms with Crippen molar-refractivity contribution < 1.29 is 23.2 Å². The van der Waals surface area contributed by atoms with Crippen molar-refractivity contribution in [3.05, 3.63) is 64.2 Å². The van der Waals surface area contributed by atoms with Crippen molar-refractivity contribution in [2.75, 3.05) is 11.9 Å². The number of imide groups is 1. The summed E-state index contributed by atoms with van der Waals surface area (Å²) in [5, 5.41) is 2.25. The molecule has 0 aliphatic carbocycles. The third-order valence-corrected chi connectivity index (χ3v) is 4.05. The lowest BCUT2D eigenvalue weighted by atomic mass is 10.1. The lowest BCUT2D eigenvalue weighted by Crippen LogP contribution is -2.33. The third-order valence-electron chi connectivity index (χ3n) is 3.74. The molecule has 0 atom stereocenters. The number of fused-ring (bicyclic) bond motifs is 1. The van der Waals surface area contributed by atoms with Gasteiger partial charge in [-0.25, -0.2) is 8.78 Å². The normalized spacial score (nSPS) is 13.2. The first-order chi connectivity index (χ1) is 11.9. The average Bonchev–Trinajstić information content (AvgIpc) is 2.81. The number of nitrogens with one attached hydrogen (secondary N) is 1. The Bertz CT molecular complexity index is 881. The summed E-state index contributed by atoms with van der Waals surface area (Å²) in [7, 11) is 0. The van der Waals surface area contributed by atoms with E-state index in [-0.39, 0.29) is 29.1 Å². The van der Waals surface area contributed by atoms with E-state index in [1.165, 1.54) is 18.2 Å². The molecule has 0 aromatic heterocycles. The van der Waals surface area contributed by atoms with Crippen LogP contribution < -0.4 is 5.32 Å². The maximum Gasteiger partial charge on any atom is 0.263 e. The molecule has 1 N–H and O–H groups in total. The standard InChI is InChI=1S/C17H11ClF2N2O3/c18-10-4-1-3-9-14(10)17(25)22(16(9)24)8-7-13(23)21-15-11(19)5-2-6-12(15)20/h1-6H,7-8H2,(H,21,23). The number of anilines is 1. The summed E-state index contributed by atoms with van der Waals surface area (Å²) in [4.78, 5) is 37.3. The molecule has 3 amide bonds. The molecule has 8 heteroatoms. The molecule has 1 aliphatic heterocycles. The summed E-state index contributed by atoms with van der Waals surface area (Å²) in [5.74, 6) is -3.73. The molecule has 1 heterocycles. The van der Waals surface area contributed by atoms with Gasteiger partial charge < -0.3 is 5.32 Å². The first-order valence-corrected chi connectivity index (χ1v) is 7.66. The monoisotopic (exact) mass is 364 g/mol. The van der Waals surface area contributed by atoms with E-state index < -0.39 is 35.0 Å². The smallest absolute Gasteiger partial charge is 0.263 e. The van der Waals surface area contributed by atoms with Crippen molar-refractivity contribution in [1.82, 2.24) is 4.90 Å². The number of carbonyl (C=O) groups excluding carboxylic acids is 3. The summed E-state index contributed by atoms with van der Waals surface area (Å²) in [6.07, 6.45) is -0.309. The van der Waals surface area contributed by atoms with E-state index in [2.05, 4.69) is 5.32 Å². The minimum Gasteiger partial charge on any atom is -0.321 e. The fourth-order valence-corrected chi connectivity index (χ4v) is 2.78. The predicted molar refractivity (Wildman–Crippen MR) is 86.4 cm³/mol. The van der Waals surface area contributed by atoms with Crippen LogP contribution in [-0.2, 0) is 4.79 Å². The second-order valence-electron chi connectivity index (χ2n) is 5.32. The van der Waals surface area contributed by atoms with Crippen LogP contribution in [0.25, 0.3) is 0 Å². The number of hydrogen-bond acceptors (Lipinski definition) is 3. The van der Waals surface area contributed by atoms with E-state index in [1.807, 2.05) is 0 Å². The van der Waals surface area contributed by atoms with Crippen LogP contribution >= 0.6 is 11.6 Å². The van der Waals surface area contributed by atoms with Crippen LogP contribution in [0.2, 0.25) is 5.02 Å². The predicted octanol–water partition coefficient (Wildman–Crippen LogP) is 3.24. The highest BCUT2D eigenvalue weighted by molar-refractivity contribution is 6.37. The number of nitrogens with zero attached hydrogens (tertiary/aromatic N) is 1. The molecular weight excluding hydrogens is 354 g/mol. The van der Waals surface area contributed by atoms with Crippen LogP contribution in [0, 0.1) is 11.6 Å². The SMILES string of the molecule is O=C(CCN1C(=O)c2cccc(Cl)c2C1=O)Nc1c(F)cccc1F. The third kappa shape index (κ3) is 3.10. The number of hydrogen-bond donors (Lipinski definition) is 1. The summed E-state index contributed by atoms with van der Waals surface area (Å²) < 4.78 is 27.0. The molecule has 5 nitrogen and oxygen atoms in total. The number of rotatable bonds is 4. The largest absolute Gasteiger partial charge is 0.321 e. The van der Waals surface area contributed by atoms with Gasteiger partial charge in [0.15, 0.2) is 0 Å². The fourth-order valence-electron chi connectivity index (χ4n) is 2.53. The fraction of sp³-hybridized carbons (Fsp3) is 0.118. The second kappa shape index (κ2) is 6.60. The Balaban J connectivity index is 1.69. The van der Waals surface area contributed by atoms with Gasteiger partial charge in [0.2, 0.25) is 5.91 Å². The number of carbonyl (C=O) groups is 3. The summed E-state index contributed by atoms with van der Waals surface area (Å²) >= 11 is 5.94. The Morgan fingerprint density at radius 1 is 1.04 bits per heavy atom. The van der Waals surface area contributed by atoms with Gasteiger partial charge >= 0.3 is 0 Å². The number of benzene rings is 2. The van der Waals surface area contributed by atoms with Gasteiger partial charge in [-0.2, -0.15) is 0 Å². The molecule has 1 aliphatic rings. The molecular formula is C17H11ClF2N2O3. The van der Waals surface area contributed by atoms with Gasteiger partial charge in [-0.3, -0.25) is 19.3 Å². The zero-order chi connectivity index (χ0) is 18.1. The van der Waals surface area contributed by atoms with E-state index in [0.717, 1.165) is 17.0 Å². The number of amides is 3. The minimum atomic E-state index is -0.916. The van der Waals surface area contributed by atoms with Gasteiger partial charge in [0.1, 0.15) is 17.3 Å². The highest BCUT2D eigenvalue weighted by atomic mass is 35.5. The molecule has 3 rings (SSSR count). The van der Waals surface area contributed by atoms with Gasteiger partial charge in [-0.15, -0.1) is 0 Å². The lowest BCUT2D eigenvalue weighted by molar-refractivity contribution is -0.116. The highest BCUT2D eigenvalue weighted by Gasteiger charge is 2.37. The Morgan fingerprint density at radius 3 is 2.32 bits per heavy atom. The van der Waals surface area contributed by atoms with E-state index in [4.69, 9.17) is 11.6 Å². The molecule has 2 aromatic rings. The second-order valence-corrected chi connectivity index (χ2v) is 5.73. The van der Waals surface area contributed by atoms with Crippen LogP contribution in [0.5, 0.6) is 0 Å². The van der Waals surface area contributed by atoms with Crippen molar-refractivity contribution in [1.29, 1.82) is 0 Å². The molecule has 0 saturated carbocycles. The van der Waals surface area contributed by atoms with Crippen LogP contribution in [0.15, 0.2) is 36.4 Å². The molecule has 0 spiro atoms. The Kier molecular flexibility index (Phi) is 4.50. The summed E-state index contributed by atoms with van der Waals surface area (Å²) in [6, 6.07) is 7.68. The van der Waals surface area contributed by atoms with Crippen molar-refractivity contribution >= 4 is 35.0 Å². The number of para-hydroxylation sites is 1. The van der Waals surface area contributed by atoms with Crippen LogP contribution in [0.4, 0.5) is 14.5 Å². The van der Waals surface area contributed by atoms with Crippen molar-refractivity contribution in [3.63, 3.8) is 0 Å². The molecule has 0 saturated heterocycles. The quantitative estimate of drug-likeness (QED) is 0.847. The summed E-state index contributed by atoms with van der Waals surface area (Å²) in [5.41, 5.74) is -0.314. The average molecular weight is 365 g/mol. The van der Waals surface area contributed by atoms with Gasteiger partial charge in [-0.1, -0.05) is 23.7 Å².